The Kier molecular flexibility index (Phi) is 4.49. The molecule has 3 aromatic heterocycles. The maximum Gasteiger partial charge on any atom is 0.289 e. The van der Waals surface area contributed by atoms with E-state index in [9.17, 15) is 9.18 Å². The third-order valence-corrected chi connectivity index (χ3v) is 5.77. The zero-order valence-corrected chi connectivity index (χ0v) is 17.4. The number of hydrogen-bond acceptors (Lipinski definition) is 7. The second kappa shape index (κ2) is 7.66. The number of aromatic nitrogens is 5. The number of furan rings is 1. The number of amides is 1. The normalized spacial score (nSPS) is 14.3. The lowest BCUT2D eigenvalue weighted by atomic mass is 10.2. The molecule has 9 nitrogen and oxygen atoms in total. The van der Waals surface area contributed by atoms with Crippen molar-refractivity contribution in [2.75, 3.05) is 31.1 Å². The van der Waals surface area contributed by atoms with Crippen LogP contribution in [-0.4, -0.2) is 61.9 Å². The van der Waals surface area contributed by atoms with Gasteiger partial charge in [-0.3, -0.25) is 4.79 Å². The van der Waals surface area contributed by atoms with E-state index in [2.05, 4.69) is 25.2 Å². The molecule has 164 valence electrons. The van der Waals surface area contributed by atoms with Gasteiger partial charge in [-0.25, -0.2) is 14.4 Å². The molecule has 0 N–H and O–H groups in total. The highest BCUT2D eigenvalue weighted by atomic mass is 19.1. The second-order valence-corrected chi connectivity index (χ2v) is 7.78. The summed E-state index contributed by atoms with van der Waals surface area (Å²) in [5.74, 6) is 0.483. The average Bonchev–Trinajstić information content (AvgIpc) is 3.48. The van der Waals surface area contributed by atoms with Crippen molar-refractivity contribution in [2.45, 2.75) is 0 Å². The molecule has 0 unspecified atom stereocenters. The van der Waals surface area contributed by atoms with Crippen LogP contribution in [0, 0.1) is 5.82 Å². The van der Waals surface area contributed by atoms with Crippen LogP contribution in [0.4, 0.5) is 10.2 Å². The minimum Gasteiger partial charge on any atom is -0.451 e. The predicted molar refractivity (Wildman–Crippen MR) is 119 cm³/mol. The molecule has 1 saturated heterocycles. The molecular formula is C23H18FN7O2. The van der Waals surface area contributed by atoms with E-state index >= 15 is 0 Å². The molecule has 0 bridgehead atoms. The van der Waals surface area contributed by atoms with Gasteiger partial charge in [-0.15, -0.1) is 5.10 Å². The molecule has 33 heavy (non-hydrogen) atoms. The molecule has 1 aliphatic heterocycles. The van der Waals surface area contributed by atoms with Crippen LogP contribution in [0.5, 0.6) is 0 Å². The highest BCUT2D eigenvalue weighted by Crippen LogP contribution is 2.25. The number of benzene rings is 2. The van der Waals surface area contributed by atoms with Gasteiger partial charge in [0, 0.05) is 31.6 Å². The number of anilines is 1. The Bertz CT molecular complexity index is 1450. The summed E-state index contributed by atoms with van der Waals surface area (Å²) in [5.41, 5.74) is 2.25. The predicted octanol–water partition coefficient (Wildman–Crippen LogP) is 3.06. The molecule has 0 spiro atoms. The van der Waals surface area contributed by atoms with Crippen molar-refractivity contribution in [1.82, 2.24) is 29.9 Å². The summed E-state index contributed by atoms with van der Waals surface area (Å²) >= 11 is 0. The van der Waals surface area contributed by atoms with Gasteiger partial charge < -0.3 is 14.2 Å². The third kappa shape index (κ3) is 3.36. The molecule has 10 heteroatoms. The standard InChI is InChI=1S/C23H18FN7O2/c24-16-5-3-6-17(13-16)31-22-20(27-28-31)21(25-14-26-22)29-8-10-30(11-9-29)23(32)19-12-15-4-1-2-7-18(15)33-19/h1-7,12-14H,8-11H2. The van der Waals surface area contributed by atoms with E-state index in [4.69, 9.17) is 4.42 Å². The first-order chi connectivity index (χ1) is 16.2. The summed E-state index contributed by atoms with van der Waals surface area (Å²) in [6.07, 6.45) is 1.45. The van der Waals surface area contributed by atoms with E-state index in [0.29, 0.717) is 60.2 Å². The van der Waals surface area contributed by atoms with Crippen molar-refractivity contribution in [1.29, 1.82) is 0 Å². The minimum atomic E-state index is -0.365. The van der Waals surface area contributed by atoms with Crippen molar-refractivity contribution < 1.29 is 13.6 Å². The molecular weight excluding hydrogens is 425 g/mol. The zero-order valence-electron chi connectivity index (χ0n) is 17.4. The van der Waals surface area contributed by atoms with Crippen LogP contribution < -0.4 is 4.90 Å². The Labute approximate surface area is 187 Å². The Morgan fingerprint density at radius 3 is 2.64 bits per heavy atom. The van der Waals surface area contributed by atoms with Crippen molar-refractivity contribution >= 4 is 33.9 Å². The SMILES string of the molecule is O=C(c1cc2ccccc2o1)N1CCN(c2ncnc3c2nnn3-c2cccc(F)c2)CC1. The lowest BCUT2D eigenvalue weighted by Gasteiger charge is -2.34. The van der Waals surface area contributed by atoms with Crippen LogP contribution in [0.15, 0.2) is 65.3 Å². The molecule has 4 heterocycles. The van der Waals surface area contributed by atoms with Gasteiger partial charge in [0.2, 0.25) is 0 Å². The lowest BCUT2D eigenvalue weighted by Crippen LogP contribution is -2.49. The topological polar surface area (TPSA) is 93.2 Å². The Morgan fingerprint density at radius 2 is 1.82 bits per heavy atom. The average molecular weight is 443 g/mol. The Balaban J connectivity index is 1.23. The van der Waals surface area contributed by atoms with Gasteiger partial charge in [0.15, 0.2) is 22.7 Å². The minimum absolute atomic E-state index is 0.129. The zero-order chi connectivity index (χ0) is 22.4. The van der Waals surface area contributed by atoms with Gasteiger partial charge in [0.25, 0.3) is 5.91 Å². The van der Waals surface area contributed by atoms with Gasteiger partial charge in [0.05, 0.1) is 5.69 Å². The number of halogens is 1. The maximum atomic E-state index is 13.7. The van der Waals surface area contributed by atoms with E-state index in [1.165, 1.54) is 23.1 Å². The molecule has 0 radical (unpaired) electrons. The van der Waals surface area contributed by atoms with Crippen molar-refractivity contribution in [2.24, 2.45) is 0 Å². The first-order valence-corrected chi connectivity index (χ1v) is 10.5. The summed E-state index contributed by atoms with van der Waals surface area (Å²) in [6, 6.07) is 15.4. The molecule has 0 atom stereocenters. The molecule has 6 rings (SSSR count). The first-order valence-electron chi connectivity index (χ1n) is 10.5. The van der Waals surface area contributed by atoms with E-state index < -0.39 is 0 Å². The monoisotopic (exact) mass is 443 g/mol. The number of rotatable bonds is 3. The van der Waals surface area contributed by atoms with Gasteiger partial charge in [-0.05, 0) is 30.3 Å². The van der Waals surface area contributed by atoms with E-state index in [0.717, 1.165) is 5.39 Å². The van der Waals surface area contributed by atoms with Gasteiger partial charge >= 0.3 is 0 Å². The summed E-state index contributed by atoms with van der Waals surface area (Å²) in [4.78, 5) is 25.5. The number of piperazine rings is 1. The number of hydrogen-bond donors (Lipinski definition) is 0. The fraction of sp³-hybridized carbons (Fsp3) is 0.174. The summed E-state index contributed by atoms with van der Waals surface area (Å²) in [5, 5.41) is 9.32. The summed E-state index contributed by atoms with van der Waals surface area (Å²) < 4.78 is 20.9. The van der Waals surface area contributed by atoms with Crippen LogP contribution in [0.2, 0.25) is 0 Å². The smallest absolute Gasteiger partial charge is 0.289 e. The van der Waals surface area contributed by atoms with Crippen LogP contribution >= 0.6 is 0 Å². The van der Waals surface area contributed by atoms with Crippen molar-refractivity contribution in [3.05, 3.63) is 72.5 Å². The van der Waals surface area contributed by atoms with Crippen LogP contribution in [0.1, 0.15) is 10.6 Å². The number of nitrogens with zero attached hydrogens (tertiary/aromatic N) is 7. The number of carbonyl (C=O) groups is 1. The second-order valence-electron chi connectivity index (χ2n) is 7.78. The quantitative estimate of drug-likeness (QED) is 0.423. The summed E-state index contributed by atoms with van der Waals surface area (Å²) in [7, 11) is 0. The van der Waals surface area contributed by atoms with Gasteiger partial charge in [-0.1, -0.05) is 29.5 Å². The van der Waals surface area contributed by atoms with Crippen molar-refractivity contribution in [3.63, 3.8) is 0 Å². The Morgan fingerprint density at radius 1 is 0.970 bits per heavy atom. The van der Waals surface area contributed by atoms with Crippen molar-refractivity contribution in [3.8, 4) is 5.69 Å². The van der Waals surface area contributed by atoms with Gasteiger partial charge in [0.1, 0.15) is 17.7 Å². The van der Waals surface area contributed by atoms with Gasteiger partial charge in [-0.2, -0.15) is 4.68 Å². The molecule has 0 aliphatic carbocycles. The van der Waals surface area contributed by atoms with Crippen LogP contribution in [-0.2, 0) is 0 Å². The molecule has 0 saturated carbocycles. The van der Waals surface area contributed by atoms with E-state index in [1.807, 2.05) is 24.3 Å². The number of fused-ring (bicyclic) bond motifs is 2. The van der Waals surface area contributed by atoms with Crippen LogP contribution in [0.25, 0.3) is 27.8 Å². The van der Waals surface area contributed by atoms with E-state index in [-0.39, 0.29) is 11.7 Å². The largest absolute Gasteiger partial charge is 0.451 e. The highest BCUT2D eigenvalue weighted by molar-refractivity contribution is 5.96. The molecule has 1 aliphatic rings. The first kappa shape index (κ1) is 19.4. The maximum absolute atomic E-state index is 13.7. The Hall–Kier alpha value is -4.34. The highest BCUT2D eigenvalue weighted by Gasteiger charge is 2.27. The third-order valence-electron chi connectivity index (χ3n) is 5.77. The lowest BCUT2D eigenvalue weighted by molar-refractivity contribution is 0.0717. The number of para-hydroxylation sites is 1. The number of carbonyl (C=O) groups excluding carboxylic acids is 1. The molecule has 2 aromatic carbocycles. The summed E-state index contributed by atoms with van der Waals surface area (Å²) in [6.45, 7) is 2.18. The fourth-order valence-corrected chi connectivity index (χ4v) is 4.11. The molecule has 5 aromatic rings. The van der Waals surface area contributed by atoms with E-state index in [1.54, 1.807) is 23.1 Å². The van der Waals surface area contributed by atoms with Crippen LogP contribution in [0.3, 0.4) is 0 Å². The fourth-order valence-electron chi connectivity index (χ4n) is 4.11. The molecule has 1 amide bonds. The molecule has 1 fully saturated rings.